The number of nitriles is 2. The van der Waals surface area contributed by atoms with Crippen LogP contribution < -0.4 is 0 Å². The lowest BCUT2D eigenvalue weighted by Gasteiger charge is -2.18. The van der Waals surface area contributed by atoms with Crippen molar-refractivity contribution in [2.75, 3.05) is 0 Å². The Hall–Kier alpha value is -6.94. The summed E-state index contributed by atoms with van der Waals surface area (Å²) in [6, 6.07) is 61.4. The highest BCUT2D eigenvalue weighted by molar-refractivity contribution is 6.21. The number of hydrogen-bond acceptors (Lipinski definition) is 2. The first-order chi connectivity index (χ1) is 24.2. The van der Waals surface area contributed by atoms with Crippen molar-refractivity contribution in [3.05, 3.63) is 175 Å². The molecule has 1 aromatic heterocycles. The van der Waals surface area contributed by atoms with Crippen LogP contribution >= 0.6 is 0 Å². The van der Waals surface area contributed by atoms with E-state index in [1.807, 2.05) is 30.3 Å². The fourth-order valence-electron chi connectivity index (χ4n) is 7.55. The summed E-state index contributed by atoms with van der Waals surface area (Å²) in [5, 5.41) is 27.6. The molecule has 9 aromatic rings. The summed E-state index contributed by atoms with van der Waals surface area (Å²) >= 11 is 0. The Labute approximate surface area is 283 Å². The molecular formula is C46H27N3. The number of benzene rings is 8. The van der Waals surface area contributed by atoms with Crippen LogP contribution in [0.3, 0.4) is 0 Å². The molecule has 0 saturated carbocycles. The molecule has 0 radical (unpaired) electrons. The lowest BCUT2D eigenvalue weighted by atomic mass is 9.85. The van der Waals surface area contributed by atoms with Crippen LogP contribution in [0.2, 0.25) is 0 Å². The second-order valence-electron chi connectivity index (χ2n) is 12.3. The van der Waals surface area contributed by atoms with E-state index in [1.54, 1.807) is 6.07 Å². The van der Waals surface area contributed by atoms with Crippen molar-refractivity contribution < 1.29 is 0 Å². The van der Waals surface area contributed by atoms with Gasteiger partial charge in [0.05, 0.1) is 33.9 Å². The van der Waals surface area contributed by atoms with Gasteiger partial charge in [0.1, 0.15) is 6.07 Å². The van der Waals surface area contributed by atoms with Crippen molar-refractivity contribution in [2.45, 2.75) is 0 Å². The molecule has 49 heavy (non-hydrogen) atoms. The molecule has 226 valence electrons. The molecule has 8 aromatic carbocycles. The molecule has 0 atom stereocenters. The van der Waals surface area contributed by atoms with Crippen LogP contribution in [0, 0.1) is 22.7 Å². The molecule has 0 aliphatic heterocycles. The Balaban J connectivity index is 1.25. The normalized spacial score (nSPS) is 11.2. The van der Waals surface area contributed by atoms with Gasteiger partial charge in [-0.15, -0.1) is 0 Å². The Morgan fingerprint density at radius 3 is 1.27 bits per heavy atom. The summed E-state index contributed by atoms with van der Waals surface area (Å²) in [5.74, 6) is 0. The minimum atomic E-state index is 0.458. The monoisotopic (exact) mass is 621 g/mol. The van der Waals surface area contributed by atoms with E-state index in [9.17, 15) is 10.5 Å². The fraction of sp³-hybridized carbons (Fsp3) is 0. The summed E-state index contributed by atoms with van der Waals surface area (Å²) in [6.45, 7) is 0. The Kier molecular flexibility index (Phi) is 6.58. The highest BCUT2D eigenvalue weighted by Crippen LogP contribution is 2.44. The third-order valence-electron chi connectivity index (χ3n) is 9.68. The quantitative estimate of drug-likeness (QED) is 0.184. The third kappa shape index (κ3) is 4.42. The van der Waals surface area contributed by atoms with Gasteiger partial charge in [0.2, 0.25) is 0 Å². The van der Waals surface area contributed by atoms with Crippen LogP contribution in [0.25, 0.3) is 82.4 Å². The van der Waals surface area contributed by atoms with Gasteiger partial charge in [0.15, 0.2) is 0 Å². The molecule has 0 spiro atoms. The van der Waals surface area contributed by atoms with E-state index < -0.39 is 0 Å². The first kappa shape index (κ1) is 28.3. The third-order valence-corrected chi connectivity index (χ3v) is 9.68. The predicted octanol–water partition coefficient (Wildman–Crippen LogP) is 11.8. The SMILES string of the molecule is N#Cc1cc(C#N)c(-n2c3ccccc3c3ccccc32)cc1-c1ccc(-c2c3ccccc3c(-c3ccccc3)c3ccccc23)cc1. The van der Waals surface area contributed by atoms with Crippen LogP contribution in [0.1, 0.15) is 11.1 Å². The van der Waals surface area contributed by atoms with Gasteiger partial charge in [-0.25, -0.2) is 0 Å². The number of nitrogens with zero attached hydrogens (tertiary/aromatic N) is 3. The molecule has 0 aliphatic rings. The second kappa shape index (κ2) is 11.4. The van der Waals surface area contributed by atoms with Crippen molar-refractivity contribution in [1.29, 1.82) is 10.5 Å². The van der Waals surface area contributed by atoms with Crippen LogP contribution in [-0.2, 0) is 0 Å². The van der Waals surface area contributed by atoms with E-state index in [4.69, 9.17) is 0 Å². The van der Waals surface area contributed by atoms with E-state index >= 15 is 0 Å². The highest BCUT2D eigenvalue weighted by Gasteiger charge is 2.19. The van der Waals surface area contributed by atoms with E-state index in [-0.39, 0.29) is 0 Å². The molecule has 9 rings (SSSR count). The number of aromatic nitrogens is 1. The molecular weight excluding hydrogens is 595 g/mol. The molecule has 0 N–H and O–H groups in total. The molecule has 3 heteroatoms. The van der Waals surface area contributed by atoms with Crippen LogP contribution in [0.4, 0.5) is 0 Å². The predicted molar refractivity (Wildman–Crippen MR) is 202 cm³/mol. The van der Waals surface area contributed by atoms with Crippen LogP contribution in [-0.4, -0.2) is 4.57 Å². The van der Waals surface area contributed by atoms with Crippen molar-refractivity contribution in [3.63, 3.8) is 0 Å². The Bertz CT molecular complexity index is 2720. The number of para-hydroxylation sites is 2. The summed E-state index contributed by atoms with van der Waals surface area (Å²) < 4.78 is 2.15. The van der Waals surface area contributed by atoms with Crippen LogP contribution in [0.15, 0.2) is 164 Å². The van der Waals surface area contributed by atoms with E-state index in [1.165, 1.54) is 38.2 Å². The van der Waals surface area contributed by atoms with E-state index in [0.29, 0.717) is 11.1 Å². The van der Waals surface area contributed by atoms with Gasteiger partial charge in [-0.1, -0.05) is 140 Å². The molecule has 0 fully saturated rings. The summed E-state index contributed by atoms with van der Waals surface area (Å²) in [6.07, 6.45) is 0. The van der Waals surface area contributed by atoms with Gasteiger partial charge in [-0.05, 0) is 73.6 Å². The largest absolute Gasteiger partial charge is 0.308 e. The molecule has 0 unspecified atom stereocenters. The van der Waals surface area contributed by atoms with Crippen molar-refractivity contribution >= 4 is 43.4 Å². The van der Waals surface area contributed by atoms with Crippen molar-refractivity contribution in [2.24, 2.45) is 0 Å². The molecule has 1 heterocycles. The van der Waals surface area contributed by atoms with Gasteiger partial charge < -0.3 is 4.57 Å². The maximum atomic E-state index is 10.3. The minimum absolute atomic E-state index is 0.458. The average molecular weight is 622 g/mol. The van der Waals surface area contributed by atoms with Crippen LogP contribution in [0.5, 0.6) is 0 Å². The Morgan fingerprint density at radius 2 is 0.776 bits per heavy atom. The number of fused-ring (bicyclic) bond motifs is 5. The first-order valence-electron chi connectivity index (χ1n) is 16.3. The standard InChI is InChI=1S/C46H27N3/c47-28-33-26-34(29-48)44(49-42-20-10-8-14-35(42)36-15-9-11-21-43(36)49)27-41(33)30-22-24-32(25-23-30)46-39-18-6-4-16-37(39)45(31-12-2-1-3-13-31)38-17-5-7-19-40(38)46/h1-27H. The van der Waals surface area contributed by atoms with Gasteiger partial charge in [-0.2, -0.15) is 10.5 Å². The highest BCUT2D eigenvalue weighted by atomic mass is 15.0. The zero-order valence-electron chi connectivity index (χ0n) is 26.4. The minimum Gasteiger partial charge on any atom is -0.308 e. The van der Waals surface area contributed by atoms with Gasteiger partial charge in [0.25, 0.3) is 0 Å². The average Bonchev–Trinajstić information content (AvgIpc) is 3.51. The lowest BCUT2D eigenvalue weighted by molar-refractivity contribution is 1.17. The zero-order chi connectivity index (χ0) is 32.9. The van der Waals surface area contributed by atoms with Crippen molar-refractivity contribution in [1.82, 2.24) is 4.57 Å². The van der Waals surface area contributed by atoms with Gasteiger partial charge >= 0.3 is 0 Å². The molecule has 3 nitrogen and oxygen atoms in total. The lowest BCUT2D eigenvalue weighted by Crippen LogP contribution is -2.00. The maximum Gasteiger partial charge on any atom is 0.101 e. The number of rotatable bonds is 4. The topological polar surface area (TPSA) is 52.5 Å². The zero-order valence-corrected chi connectivity index (χ0v) is 26.4. The molecule has 0 saturated heterocycles. The molecule has 0 aliphatic carbocycles. The van der Waals surface area contributed by atoms with Crippen molar-refractivity contribution in [3.8, 4) is 51.2 Å². The van der Waals surface area contributed by atoms with E-state index in [0.717, 1.165) is 44.2 Å². The molecule has 0 amide bonds. The summed E-state index contributed by atoms with van der Waals surface area (Å²) in [4.78, 5) is 0. The Morgan fingerprint density at radius 1 is 0.367 bits per heavy atom. The maximum absolute atomic E-state index is 10.3. The smallest absolute Gasteiger partial charge is 0.101 e. The van der Waals surface area contributed by atoms with Gasteiger partial charge in [0, 0.05) is 16.3 Å². The first-order valence-corrected chi connectivity index (χ1v) is 16.3. The fourth-order valence-corrected chi connectivity index (χ4v) is 7.55. The summed E-state index contributed by atoms with van der Waals surface area (Å²) in [7, 11) is 0. The number of hydrogen-bond donors (Lipinski definition) is 0. The second-order valence-corrected chi connectivity index (χ2v) is 12.3. The van der Waals surface area contributed by atoms with E-state index in [2.05, 4.69) is 144 Å². The molecule has 0 bridgehead atoms. The summed E-state index contributed by atoms with van der Waals surface area (Å²) in [5.41, 5.74) is 10.1. The van der Waals surface area contributed by atoms with Gasteiger partial charge in [-0.3, -0.25) is 0 Å².